The zero-order chi connectivity index (χ0) is 15.0. The Morgan fingerprint density at radius 1 is 1.40 bits per heavy atom. The molecule has 0 aromatic carbocycles. The van der Waals surface area contributed by atoms with E-state index in [2.05, 4.69) is 9.71 Å². The highest BCUT2D eigenvalue weighted by Gasteiger charge is 2.17. The third-order valence-corrected chi connectivity index (χ3v) is 3.66. The van der Waals surface area contributed by atoms with Gasteiger partial charge in [-0.25, -0.2) is 13.1 Å². The normalized spacial score (nSPS) is 11.4. The number of hydrogen-bond acceptors (Lipinski definition) is 7. The number of nitro groups is 1. The Kier molecular flexibility index (Phi) is 6.45. The van der Waals surface area contributed by atoms with E-state index in [4.69, 9.17) is 9.84 Å². The summed E-state index contributed by atoms with van der Waals surface area (Å²) in [6.45, 7) is 0.603. The first kappa shape index (κ1) is 16.4. The van der Waals surface area contributed by atoms with Crippen molar-refractivity contribution < 1.29 is 23.2 Å². The average Bonchev–Trinajstić information content (AvgIpc) is 2.43. The molecular formula is C10H15N3O6S. The zero-order valence-corrected chi connectivity index (χ0v) is 11.4. The SMILES string of the molecule is O=[N+]([O-])c1ccc(S(=O)(=O)NCCCOCCO)cn1. The van der Waals surface area contributed by atoms with Gasteiger partial charge in [0.1, 0.15) is 4.90 Å². The molecule has 0 saturated carbocycles. The fraction of sp³-hybridized carbons (Fsp3) is 0.500. The molecule has 112 valence electrons. The lowest BCUT2D eigenvalue weighted by molar-refractivity contribution is -0.389. The van der Waals surface area contributed by atoms with Gasteiger partial charge in [-0.3, -0.25) is 0 Å². The van der Waals surface area contributed by atoms with E-state index in [1.165, 1.54) is 0 Å². The van der Waals surface area contributed by atoms with Crippen molar-refractivity contribution in [3.63, 3.8) is 0 Å². The molecule has 0 fully saturated rings. The number of sulfonamides is 1. The fourth-order valence-corrected chi connectivity index (χ4v) is 2.29. The van der Waals surface area contributed by atoms with E-state index in [0.717, 1.165) is 18.3 Å². The maximum Gasteiger partial charge on any atom is 0.363 e. The number of pyridine rings is 1. The predicted octanol–water partition coefficient (Wildman–Crippen LogP) is -0.333. The van der Waals surface area contributed by atoms with Crippen LogP contribution >= 0.6 is 0 Å². The number of hydrogen-bond donors (Lipinski definition) is 2. The molecule has 0 atom stereocenters. The number of nitrogens with one attached hydrogen (secondary N) is 1. The topological polar surface area (TPSA) is 132 Å². The van der Waals surface area contributed by atoms with Crippen LogP contribution in [0, 0.1) is 10.1 Å². The van der Waals surface area contributed by atoms with Crippen molar-refractivity contribution in [2.45, 2.75) is 11.3 Å². The number of rotatable bonds is 9. The minimum absolute atomic E-state index is 0.0831. The molecule has 0 bridgehead atoms. The standard InChI is InChI=1S/C10H15N3O6S/c14-5-7-19-6-1-4-12-20(17,18)9-2-3-10(11-8-9)13(15)16/h2-3,8,12,14H,1,4-7H2. The van der Waals surface area contributed by atoms with E-state index in [0.29, 0.717) is 13.0 Å². The first-order chi connectivity index (χ1) is 9.47. The zero-order valence-electron chi connectivity index (χ0n) is 10.6. The van der Waals surface area contributed by atoms with E-state index in [1.54, 1.807) is 0 Å². The summed E-state index contributed by atoms with van der Waals surface area (Å²) in [7, 11) is -3.74. The molecule has 0 unspecified atom stereocenters. The second-order valence-electron chi connectivity index (χ2n) is 3.70. The molecule has 10 heteroatoms. The highest BCUT2D eigenvalue weighted by atomic mass is 32.2. The van der Waals surface area contributed by atoms with Crippen LogP contribution < -0.4 is 4.72 Å². The largest absolute Gasteiger partial charge is 0.394 e. The maximum atomic E-state index is 11.8. The molecule has 9 nitrogen and oxygen atoms in total. The van der Waals surface area contributed by atoms with Gasteiger partial charge in [-0.05, 0) is 22.4 Å². The molecule has 0 radical (unpaired) electrons. The Hall–Kier alpha value is -1.62. The molecule has 0 spiro atoms. The van der Waals surface area contributed by atoms with Gasteiger partial charge in [0.15, 0.2) is 6.20 Å². The number of aliphatic hydroxyl groups is 1. The first-order valence-corrected chi connectivity index (χ1v) is 7.24. The number of aromatic nitrogens is 1. The summed E-state index contributed by atoms with van der Waals surface area (Å²) in [4.78, 5) is 13.0. The van der Waals surface area contributed by atoms with Crippen LogP contribution in [0.4, 0.5) is 5.82 Å². The van der Waals surface area contributed by atoms with Crippen molar-refractivity contribution in [3.8, 4) is 0 Å². The van der Waals surface area contributed by atoms with Gasteiger partial charge in [-0.1, -0.05) is 0 Å². The van der Waals surface area contributed by atoms with Crippen LogP contribution in [-0.2, 0) is 14.8 Å². The van der Waals surface area contributed by atoms with Crippen LogP contribution in [0.2, 0.25) is 0 Å². The molecule has 0 aliphatic carbocycles. The Morgan fingerprint density at radius 3 is 2.70 bits per heavy atom. The fourth-order valence-electron chi connectivity index (χ4n) is 1.27. The summed E-state index contributed by atoms with van der Waals surface area (Å²) < 4.78 is 30.9. The third kappa shape index (κ3) is 5.17. The quantitative estimate of drug-likeness (QED) is 0.362. The second-order valence-corrected chi connectivity index (χ2v) is 5.46. The molecule has 1 aromatic heterocycles. The highest BCUT2D eigenvalue weighted by molar-refractivity contribution is 7.89. The number of ether oxygens (including phenoxy) is 1. The van der Waals surface area contributed by atoms with Gasteiger partial charge < -0.3 is 20.0 Å². The van der Waals surface area contributed by atoms with Crippen LogP contribution in [0.25, 0.3) is 0 Å². The van der Waals surface area contributed by atoms with Gasteiger partial charge in [0, 0.05) is 19.2 Å². The van der Waals surface area contributed by atoms with Gasteiger partial charge in [0.25, 0.3) is 0 Å². The van der Waals surface area contributed by atoms with Gasteiger partial charge in [0.2, 0.25) is 10.0 Å². The van der Waals surface area contributed by atoms with E-state index in [-0.39, 0.29) is 24.7 Å². The van der Waals surface area contributed by atoms with E-state index < -0.39 is 20.8 Å². The van der Waals surface area contributed by atoms with Crippen LogP contribution in [-0.4, -0.2) is 49.8 Å². The van der Waals surface area contributed by atoms with Crippen molar-refractivity contribution in [3.05, 3.63) is 28.4 Å². The van der Waals surface area contributed by atoms with E-state index in [1.807, 2.05) is 0 Å². The lowest BCUT2D eigenvalue weighted by Gasteiger charge is -2.05. The summed E-state index contributed by atoms with van der Waals surface area (Å²) in [6, 6.07) is 2.15. The smallest absolute Gasteiger partial charge is 0.363 e. The van der Waals surface area contributed by atoms with Gasteiger partial charge in [-0.2, -0.15) is 0 Å². The van der Waals surface area contributed by atoms with Crippen molar-refractivity contribution in [1.29, 1.82) is 0 Å². The minimum Gasteiger partial charge on any atom is -0.394 e. The van der Waals surface area contributed by atoms with Gasteiger partial charge in [0.05, 0.1) is 13.2 Å². The summed E-state index contributed by atoms with van der Waals surface area (Å²) in [5.74, 6) is -0.415. The predicted molar refractivity (Wildman–Crippen MR) is 68.6 cm³/mol. The monoisotopic (exact) mass is 305 g/mol. The molecule has 1 heterocycles. The van der Waals surface area contributed by atoms with Crippen molar-refractivity contribution >= 4 is 15.8 Å². The van der Waals surface area contributed by atoms with Crippen LogP contribution in [0.15, 0.2) is 23.2 Å². The van der Waals surface area contributed by atoms with Crippen molar-refractivity contribution in [2.24, 2.45) is 0 Å². The molecule has 0 aliphatic heterocycles. The molecule has 2 N–H and O–H groups in total. The summed E-state index contributed by atoms with van der Waals surface area (Å²) in [6.07, 6.45) is 1.38. The highest BCUT2D eigenvalue weighted by Crippen LogP contribution is 2.11. The average molecular weight is 305 g/mol. The molecule has 1 aromatic rings. The second kappa shape index (κ2) is 7.85. The summed E-state index contributed by atoms with van der Waals surface area (Å²) >= 11 is 0. The minimum atomic E-state index is -3.74. The first-order valence-electron chi connectivity index (χ1n) is 5.76. The molecule has 0 amide bonds. The third-order valence-electron chi connectivity index (χ3n) is 2.21. The Morgan fingerprint density at radius 2 is 2.15 bits per heavy atom. The number of aliphatic hydroxyl groups excluding tert-OH is 1. The lowest BCUT2D eigenvalue weighted by Crippen LogP contribution is -2.25. The van der Waals surface area contributed by atoms with Gasteiger partial charge >= 0.3 is 5.82 Å². The molecule has 1 rings (SSSR count). The van der Waals surface area contributed by atoms with Crippen LogP contribution in [0.3, 0.4) is 0 Å². The molecule has 20 heavy (non-hydrogen) atoms. The molecular weight excluding hydrogens is 290 g/mol. The van der Waals surface area contributed by atoms with Crippen molar-refractivity contribution in [1.82, 2.24) is 9.71 Å². The molecule has 0 aliphatic rings. The lowest BCUT2D eigenvalue weighted by atomic mass is 10.5. The van der Waals surface area contributed by atoms with E-state index >= 15 is 0 Å². The Bertz CT molecular complexity index is 530. The molecule has 0 saturated heterocycles. The number of nitrogens with zero attached hydrogens (tertiary/aromatic N) is 2. The van der Waals surface area contributed by atoms with Crippen LogP contribution in [0.1, 0.15) is 6.42 Å². The van der Waals surface area contributed by atoms with E-state index in [9.17, 15) is 18.5 Å². The Balaban J connectivity index is 2.49. The van der Waals surface area contributed by atoms with Gasteiger partial charge in [-0.15, -0.1) is 0 Å². The van der Waals surface area contributed by atoms with Crippen LogP contribution in [0.5, 0.6) is 0 Å². The summed E-state index contributed by atoms with van der Waals surface area (Å²) in [5.41, 5.74) is 0. The summed E-state index contributed by atoms with van der Waals surface area (Å²) in [5, 5.41) is 18.9. The Labute approximate surface area is 115 Å². The maximum absolute atomic E-state index is 11.8. The van der Waals surface area contributed by atoms with Crippen molar-refractivity contribution in [2.75, 3.05) is 26.4 Å².